The number of nitrogens with one attached hydrogen (secondary N) is 1. The van der Waals surface area contributed by atoms with E-state index in [1.807, 2.05) is 4.90 Å². The molecule has 164 valence electrons. The molecular formula is C20H34N4O3S2. The maximum atomic E-state index is 13.2. The van der Waals surface area contributed by atoms with E-state index in [1.165, 1.54) is 22.1 Å². The van der Waals surface area contributed by atoms with Crippen molar-refractivity contribution in [3.8, 4) is 0 Å². The van der Waals surface area contributed by atoms with Gasteiger partial charge in [0.1, 0.15) is 4.21 Å². The van der Waals surface area contributed by atoms with Crippen LogP contribution in [0, 0.1) is 11.8 Å². The lowest BCUT2D eigenvalue weighted by Gasteiger charge is -2.36. The summed E-state index contributed by atoms with van der Waals surface area (Å²) in [6.07, 6.45) is 1.46. The number of sulfonamides is 1. The first-order valence-corrected chi connectivity index (χ1v) is 12.9. The van der Waals surface area contributed by atoms with Crippen LogP contribution in [-0.4, -0.2) is 87.3 Å². The SMILES string of the molecule is C[C@@H]1C[C@H](C)CN(CCN(CCC(=O)N2CCNCC2)S(=O)(=O)c2cccs2)C1. The molecule has 1 amide bonds. The molecule has 3 heterocycles. The monoisotopic (exact) mass is 442 g/mol. The Morgan fingerprint density at radius 2 is 1.90 bits per heavy atom. The smallest absolute Gasteiger partial charge is 0.252 e. The molecule has 0 radical (unpaired) electrons. The number of piperidine rings is 1. The van der Waals surface area contributed by atoms with Crippen LogP contribution in [0.4, 0.5) is 0 Å². The quantitative estimate of drug-likeness (QED) is 0.661. The van der Waals surface area contributed by atoms with Gasteiger partial charge in [-0.15, -0.1) is 11.3 Å². The Kier molecular flexibility index (Phi) is 8.09. The van der Waals surface area contributed by atoms with Gasteiger partial charge in [0.2, 0.25) is 5.91 Å². The van der Waals surface area contributed by atoms with E-state index in [4.69, 9.17) is 0 Å². The molecule has 0 saturated carbocycles. The first kappa shape index (κ1) is 22.7. The largest absolute Gasteiger partial charge is 0.340 e. The highest BCUT2D eigenvalue weighted by molar-refractivity contribution is 7.91. The van der Waals surface area contributed by atoms with Crippen molar-refractivity contribution >= 4 is 27.3 Å². The summed E-state index contributed by atoms with van der Waals surface area (Å²) in [4.78, 5) is 16.8. The highest BCUT2D eigenvalue weighted by Crippen LogP contribution is 2.23. The number of amides is 1. The number of carbonyl (C=O) groups excluding carboxylic acids is 1. The molecule has 1 aromatic rings. The molecule has 0 spiro atoms. The maximum Gasteiger partial charge on any atom is 0.252 e. The van der Waals surface area contributed by atoms with Crippen LogP contribution in [0.2, 0.25) is 0 Å². The number of thiophene rings is 1. The first-order chi connectivity index (χ1) is 13.9. The van der Waals surface area contributed by atoms with Crippen molar-refractivity contribution in [1.82, 2.24) is 19.4 Å². The second-order valence-electron chi connectivity index (χ2n) is 8.42. The molecule has 0 bridgehead atoms. The lowest BCUT2D eigenvalue weighted by atomic mass is 9.92. The van der Waals surface area contributed by atoms with E-state index in [0.717, 1.165) is 26.2 Å². The van der Waals surface area contributed by atoms with Crippen molar-refractivity contribution in [3.05, 3.63) is 17.5 Å². The van der Waals surface area contributed by atoms with Gasteiger partial charge >= 0.3 is 0 Å². The first-order valence-electron chi connectivity index (χ1n) is 10.6. The second-order valence-corrected chi connectivity index (χ2v) is 11.5. The molecular weight excluding hydrogens is 408 g/mol. The molecule has 0 aromatic carbocycles. The zero-order valence-corrected chi connectivity index (χ0v) is 19.2. The molecule has 2 atom stereocenters. The minimum Gasteiger partial charge on any atom is -0.340 e. The summed E-state index contributed by atoms with van der Waals surface area (Å²) < 4.78 is 28.2. The van der Waals surface area contributed by atoms with Crippen LogP contribution in [0.15, 0.2) is 21.7 Å². The number of carbonyl (C=O) groups is 1. The van der Waals surface area contributed by atoms with Gasteiger partial charge in [0.25, 0.3) is 10.0 Å². The fourth-order valence-corrected chi connectivity index (χ4v) is 6.99. The molecule has 9 heteroatoms. The number of hydrogen-bond donors (Lipinski definition) is 1. The van der Waals surface area contributed by atoms with E-state index < -0.39 is 10.0 Å². The molecule has 2 saturated heterocycles. The van der Waals surface area contributed by atoms with Gasteiger partial charge in [0.05, 0.1) is 0 Å². The minimum absolute atomic E-state index is 0.0399. The molecule has 2 aliphatic heterocycles. The fraction of sp³-hybridized carbons (Fsp3) is 0.750. The molecule has 29 heavy (non-hydrogen) atoms. The molecule has 7 nitrogen and oxygen atoms in total. The zero-order chi connectivity index (χ0) is 20.9. The van der Waals surface area contributed by atoms with Crippen LogP contribution in [0.5, 0.6) is 0 Å². The molecule has 0 unspecified atom stereocenters. The van der Waals surface area contributed by atoms with Crippen molar-refractivity contribution in [2.75, 3.05) is 58.9 Å². The summed E-state index contributed by atoms with van der Waals surface area (Å²) >= 11 is 1.24. The van der Waals surface area contributed by atoms with Crippen LogP contribution in [0.25, 0.3) is 0 Å². The normalized spacial score (nSPS) is 24.2. The number of nitrogens with zero attached hydrogens (tertiary/aromatic N) is 3. The van der Waals surface area contributed by atoms with Crippen molar-refractivity contribution < 1.29 is 13.2 Å². The summed E-state index contributed by atoms with van der Waals surface area (Å²) in [5.41, 5.74) is 0. The van der Waals surface area contributed by atoms with E-state index >= 15 is 0 Å². The number of piperazine rings is 1. The predicted octanol–water partition coefficient (Wildman–Crippen LogP) is 1.54. The third kappa shape index (κ3) is 6.24. The molecule has 2 fully saturated rings. The van der Waals surface area contributed by atoms with Crippen LogP contribution in [0.1, 0.15) is 26.7 Å². The van der Waals surface area contributed by atoms with Gasteiger partial charge in [0.15, 0.2) is 0 Å². The summed E-state index contributed by atoms with van der Waals surface area (Å²) in [5.74, 6) is 1.31. The van der Waals surface area contributed by atoms with E-state index in [-0.39, 0.29) is 18.9 Å². The number of rotatable bonds is 8. The van der Waals surface area contributed by atoms with Crippen LogP contribution < -0.4 is 5.32 Å². The predicted molar refractivity (Wildman–Crippen MR) is 117 cm³/mol. The Morgan fingerprint density at radius 1 is 1.21 bits per heavy atom. The van der Waals surface area contributed by atoms with Gasteiger partial charge in [0, 0.05) is 65.3 Å². The topological polar surface area (TPSA) is 73.0 Å². The van der Waals surface area contributed by atoms with Crippen LogP contribution in [0.3, 0.4) is 0 Å². The van der Waals surface area contributed by atoms with E-state index in [9.17, 15) is 13.2 Å². The highest BCUT2D eigenvalue weighted by atomic mass is 32.2. The Morgan fingerprint density at radius 3 is 2.52 bits per heavy atom. The Bertz CT molecular complexity index is 738. The van der Waals surface area contributed by atoms with Gasteiger partial charge in [-0.3, -0.25) is 4.79 Å². The summed E-state index contributed by atoms with van der Waals surface area (Å²) in [6, 6.07) is 3.41. The lowest BCUT2D eigenvalue weighted by Crippen LogP contribution is -2.48. The maximum absolute atomic E-state index is 13.2. The number of likely N-dealkylation sites (tertiary alicyclic amines) is 1. The van der Waals surface area contributed by atoms with E-state index in [2.05, 4.69) is 24.1 Å². The molecule has 0 aliphatic carbocycles. The lowest BCUT2D eigenvalue weighted by molar-refractivity contribution is -0.131. The number of hydrogen-bond acceptors (Lipinski definition) is 6. The van der Waals surface area contributed by atoms with Crippen molar-refractivity contribution in [2.45, 2.75) is 30.9 Å². The Labute approximate surface area is 179 Å². The minimum atomic E-state index is -3.57. The van der Waals surface area contributed by atoms with Crippen molar-refractivity contribution in [3.63, 3.8) is 0 Å². The van der Waals surface area contributed by atoms with E-state index in [1.54, 1.807) is 17.5 Å². The highest BCUT2D eigenvalue weighted by Gasteiger charge is 2.29. The average Bonchev–Trinajstić information content (AvgIpc) is 3.23. The van der Waals surface area contributed by atoms with Crippen molar-refractivity contribution in [1.29, 1.82) is 0 Å². The van der Waals surface area contributed by atoms with Crippen LogP contribution in [-0.2, 0) is 14.8 Å². The van der Waals surface area contributed by atoms with Gasteiger partial charge in [-0.1, -0.05) is 19.9 Å². The third-order valence-corrected chi connectivity index (χ3v) is 9.02. The Balaban J connectivity index is 1.64. The second kappa shape index (κ2) is 10.3. The molecule has 2 aliphatic rings. The average molecular weight is 443 g/mol. The Hall–Kier alpha value is -1.00. The van der Waals surface area contributed by atoms with Crippen LogP contribution >= 0.6 is 11.3 Å². The van der Waals surface area contributed by atoms with Gasteiger partial charge in [-0.25, -0.2) is 8.42 Å². The van der Waals surface area contributed by atoms with Gasteiger partial charge < -0.3 is 15.1 Å². The van der Waals surface area contributed by atoms with Gasteiger partial charge in [-0.05, 0) is 29.7 Å². The van der Waals surface area contributed by atoms with E-state index in [0.29, 0.717) is 42.2 Å². The molecule has 1 N–H and O–H groups in total. The zero-order valence-electron chi connectivity index (χ0n) is 17.5. The summed E-state index contributed by atoms with van der Waals surface area (Å²) in [5, 5.41) is 5.02. The third-order valence-electron chi connectivity index (χ3n) is 5.74. The fourth-order valence-electron chi connectivity index (χ4n) is 4.41. The molecule has 1 aromatic heterocycles. The summed E-state index contributed by atoms with van der Waals surface area (Å²) in [6.45, 7) is 10.9. The van der Waals surface area contributed by atoms with Crippen molar-refractivity contribution in [2.24, 2.45) is 11.8 Å². The van der Waals surface area contributed by atoms with Gasteiger partial charge in [-0.2, -0.15) is 4.31 Å². The standard InChI is InChI=1S/C20H34N4O3S2/c1-17-14-18(2)16-22(15-17)11-12-24(29(26,27)20-4-3-13-28-20)8-5-19(25)23-9-6-21-7-10-23/h3-4,13,17-18,21H,5-12,14-16H2,1-2H3/t17-,18+. The summed E-state index contributed by atoms with van der Waals surface area (Å²) in [7, 11) is -3.57. The molecule has 3 rings (SSSR count).